The van der Waals surface area contributed by atoms with E-state index >= 15 is 8.78 Å². The van der Waals surface area contributed by atoms with E-state index in [2.05, 4.69) is 10.4 Å². The molecule has 1 aliphatic rings. The Balaban J connectivity index is 1.40. The van der Waals surface area contributed by atoms with Crippen molar-refractivity contribution in [3.8, 4) is 16.8 Å². The minimum absolute atomic E-state index is 0.339. The molecular weight excluding hydrogens is 452 g/mol. The Kier molecular flexibility index (Phi) is 5.41. The molecule has 0 unspecified atom stereocenters. The van der Waals surface area contributed by atoms with Crippen LogP contribution in [-0.2, 0) is 0 Å². The zero-order chi connectivity index (χ0) is 24.8. The second-order valence-electron chi connectivity index (χ2n) is 9.35. The Morgan fingerprint density at radius 2 is 1.53 bits per heavy atom. The molecule has 0 saturated heterocycles. The highest BCUT2D eigenvalue weighted by Gasteiger charge is 2.25. The van der Waals surface area contributed by atoms with Gasteiger partial charge in [-0.3, -0.25) is 0 Å². The summed E-state index contributed by atoms with van der Waals surface area (Å²) in [6.07, 6.45) is 1.82. The number of nitrogens with zero attached hydrogens (tertiary/aromatic N) is 2. The topological polar surface area (TPSA) is 29.9 Å². The van der Waals surface area contributed by atoms with Gasteiger partial charge in [-0.2, -0.15) is 5.10 Å². The van der Waals surface area contributed by atoms with Crippen LogP contribution in [0.25, 0.3) is 33.3 Å². The van der Waals surface area contributed by atoms with Gasteiger partial charge in [-0.25, -0.2) is 13.5 Å². The molecule has 0 bridgehead atoms. The Labute approximate surface area is 208 Å². The fourth-order valence-corrected chi connectivity index (χ4v) is 4.69. The number of hydrogen-bond donors (Lipinski definition) is 1. The molecule has 1 N–H and O–H groups in total. The van der Waals surface area contributed by atoms with E-state index in [1.54, 1.807) is 16.8 Å². The van der Waals surface area contributed by atoms with Gasteiger partial charge in [0.15, 0.2) is 0 Å². The molecule has 1 aromatic heterocycles. The van der Waals surface area contributed by atoms with E-state index in [1.807, 2.05) is 80.6 Å². The SMILES string of the molecule is Cc1cc(C(Nc2ccc(-c3ccccc3C)cc2F)=C2CC2)n(-c2cc3ccccc3cc2F)n1. The molecule has 5 aromatic rings. The van der Waals surface area contributed by atoms with Crippen molar-refractivity contribution in [3.63, 3.8) is 0 Å². The quantitative estimate of drug-likeness (QED) is 0.276. The first-order chi connectivity index (χ1) is 17.5. The van der Waals surface area contributed by atoms with Gasteiger partial charge < -0.3 is 5.32 Å². The highest BCUT2D eigenvalue weighted by molar-refractivity contribution is 5.86. The number of nitrogens with one attached hydrogen (secondary N) is 1. The molecule has 0 radical (unpaired) electrons. The first-order valence-corrected chi connectivity index (χ1v) is 12.1. The summed E-state index contributed by atoms with van der Waals surface area (Å²) in [6, 6.07) is 26.1. The average molecular weight is 478 g/mol. The van der Waals surface area contributed by atoms with E-state index in [1.165, 1.54) is 11.6 Å². The molecule has 0 atom stereocenters. The van der Waals surface area contributed by atoms with Crippen molar-refractivity contribution in [3.05, 3.63) is 119 Å². The lowest BCUT2D eigenvalue weighted by Crippen LogP contribution is -2.09. The molecule has 1 aliphatic carbocycles. The summed E-state index contributed by atoms with van der Waals surface area (Å²) in [4.78, 5) is 0. The number of halogens is 2. The third-order valence-electron chi connectivity index (χ3n) is 6.67. The normalized spacial score (nSPS) is 12.7. The number of aryl methyl sites for hydroxylation is 2. The summed E-state index contributed by atoms with van der Waals surface area (Å²) in [5.41, 5.74) is 7.10. The lowest BCUT2D eigenvalue weighted by molar-refractivity contribution is 0.611. The van der Waals surface area contributed by atoms with Gasteiger partial charge in [-0.15, -0.1) is 0 Å². The van der Waals surface area contributed by atoms with Gasteiger partial charge >= 0.3 is 0 Å². The van der Waals surface area contributed by atoms with Crippen molar-refractivity contribution in [1.29, 1.82) is 0 Å². The molecule has 0 spiro atoms. The molecule has 36 heavy (non-hydrogen) atoms. The Hall–Kier alpha value is -4.25. The standard InChI is InChI=1S/C31H25F2N3/c1-19-7-3-6-10-25(19)24-13-14-28(26(32)17-24)34-31(21-11-12-21)30-15-20(2)35-36(30)29-18-23-9-5-4-8-22(23)16-27(29)33/h3-10,13-18,34H,11-12H2,1-2H3. The van der Waals surface area contributed by atoms with E-state index in [4.69, 9.17) is 0 Å². The molecule has 5 heteroatoms. The van der Waals surface area contributed by atoms with Crippen molar-refractivity contribution in [1.82, 2.24) is 9.78 Å². The summed E-state index contributed by atoms with van der Waals surface area (Å²) < 4.78 is 32.2. The number of hydrogen-bond acceptors (Lipinski definition) is 2. The van der Waals surface area contributed by atoms with Crippen LogP contribution in [-0.4, -0.2) is 9.78 Å². The van der Waals surface area contributed by atoms with Crippen LogP contribution in [0.2, 0.25) is 0 Å². The third-order valence-corrected chi connectivity index (χ3v) is 6.67. The zero-order valence-electron chi connectivity index (χ0n) is 20.1. The van der Waals surface area contributed by atoms with Crippen LogP contribution in [0.4, 0.5) is 14.5 Å². The van der Waals surface area contributed by atoms with Gasteiger partial charge in [0.1, 0.15) is 17.3 Å². The number of fused-ring (bicyclic) bond motifs is 1. The lowest BCUT2D eigenvalue weighted by atomic mass is 10.0. The first kappa shape index (κ1) is 22.2. The van der Waals surface area contributed by atoms with Gasteiger partial charge in [-0.1, -0.05) is 54.6 Å². The predicted octanol–water partition coefficient (Wildman–Crippen LogP) is 8.20. The van der Waals surface area contributed by atoms with Crippen molar-refractivity contribution in [2.45, 2.75) is 26.7 Å². The Morgan fingerprint density at radius 1 is 0.806 bits per heavy atom. The van der Waals surface area contributed by atoms with Gasteiger partial charge in [0.05, 0.1) is 22.8 Å². The van der Waals surface area contributed by atoms with Crippen molar-refractivity contribution in [2.24, 2.45) is 0 Å². The minimum Gasteiger partial charge on any atom is -0.351 e. The van der Waals surface area contributed by atoms with E-state index in [0.717, 1.165) is 57.4 Å². The molecule has 6 rings (SSSR count). The van der Waals surface area contributed by atoms with Crippen molar-refractivity contribution < 1.29 is 8.78 Å². The molecule has 1 heterocycles. The minimum atomic E-state index is -0.355. The largest absolute Gasteiger partial charge is 0.351 e. The average Bonchev–Trinajstić information content (AvgIpc) is 3.64. The van der Waals surface area contributed by atoms with Crippen LogP contribution >= 0.6 is 0 Å². The zero-order valence-corrected chi connectivity index (χ0v) is 20.1. The van der Waals surface area contributed by atoms with Gasteiger partial charge in [-0.05, 0) is 90.1 Å². The fraction of sp³-hybridized carbons (Fsp3) is 0.129. The summed E-state index contributed by atoms with van der Waals surface area (Å²) in [5.74, 6) is -0.693. The molecule has 178 valence electrons. The molecule has 0 amide bonds. The lowest BCUT2D eigenvalue weighted by Gasteiger charge is -2.16. The maximum atomic E-state index is 15.3. The molecular formula is C31H25F2N3. The second-order valence-corrected chi connectivity index (χ2v) is 9.35. The van der Waals surface area contributed by atoms with Crippen LogP contribution in [0.15, 0.2) is 90.5 Å². The monoisotopic (exact) mass is 477 g/mol. The highest BCUT2D eigenvalue weighted by Crippen LogP contribution is 2.39. The number of anilines is 1. The highest BCUT2D eigenvalue weighted by atomic mass is 19.1. The number of aromatic nitrogens is 2. The van der Waals surface area contributed by atoms with Gasteiger partial charge in [0.2, 0.25) is 0 Å². The predicted molar refractivity (Wildman–Crippen MR) is 142 cm³/mol. The summed E-state index contributed by atoms with van der Waals surface area (Å²) in [5, 5.41) is 9.70. The first-order valence-electron chi connectivity index (χ1n) is 12.1. The molecule has 0 aliphatic heterocycles. The van der Waals surface area contributed by atoms with Crippen molar-refractivity contribution >= 4 is 22.2 Å². The third kappa shape index (κ3) is 4.07. The molecule has 1 saturated carbocycles. The molecule has 1 fully saturated rings. The number of rotatable bonds is 5. The van der Waals surface area contributed by atoms with Gasteiger partial charge in [0.25, 0.3) is 0 Å². The smallest absolute Gasteiger partial charge is 0.149 e. The number of allylic oxidation sites excluding steroid dienone is 1. The van der Waals surface area contributed by atoms with E-state index < -0.39 is 0 Å². The Bertz CT molecular complexity index is 1660. The summed E-state index contributed by atoms with van der Waals surface area (Å²) >= 11 is 0. The maximum Gasteiger partial charge on any atom is 0.149 e. The van der Waals surface area contributed by atoms with Crippen LogP contribution in [0.5, 0.6) is 0 Å². The van der Waals surface area contributed by atoms with Gasteiger partial charge in [0, 0.05) is 0 Å². The van der Waals surface area contributed by atoms with E-state index in [-0.39, 0.29) is 11.6 Å². The Morgan fingerprint density at radius 3 is 2.25 bits per heavy atom. The van der Waals surface area contributed by atoms with Crippen LogP contribution in [0.3, 0.4) is 0 Å². The number of benzene rings is 4. The van der Waals surface area contributed by atoms with Crippen molar-refractivity contribution in [2.75, 3.05) is 5.32 Å². The van der Waals surface area contributed by atoms with Crippen LogP contribution in [0.1, 0.15) is 29.8 Å². The summed E-state index contributed by atoms with van der Waals surface area (Å²) in [6.45, 7) is 3.90. The van der Waals surface area contributed by atoms with Crippen LogP contribution in [0, 0.1) is 25.5 Å². The molecule has 4 aromatic carbocycles. The summed E-state index contributed by atoms with van der Waals surface area (Å²) in [7, 11) is 0. The van der Waals surface area contributed by atoms with E-state index in [0.29, 0.717) is 11.4 Å². The maximum absolute atomic E-state index is 15.3. The second kappa shape index (κ2) is 8.76. The van der Waals surface area contributed by atoms with Crippen LogP contribution < -0.4 is 5.32 Å². The fourth-order valence-electron chi connectivity index (χ4n) is 4.69. The van der Waals surface area contributed by atoms with E-state index in [9.17, 15) is 0 Å². The molecule has 3 nitrogen and oxygen atoms in total.